The highest BCUT2D eigenvalue weighted by atomic mass is 16.5. The molecule has 0 radical (unpaired) electrons. The number of carbonyl (C=O) groups is 1. The van der Waals surface area contributed by atoms with E-state index in [0.29, 0.717) is 13.0 Å². The predicted octanol–water partition coefficient (Wildman–Crippen LogP) is 10.2. The number of rotatable bonds is 23. The summed E-state index contributed by atoms with van der Waals surface area (Å²) < 4.78 is 5.85. The summed E-state index contributed by atoms with van der Waals surface area (Å²) >= 11 is 0. The van der Waals surface area contributed by atoms with Crippen LogP contribution in [0.4, 0.5) is 0 Å². The predicted molar refractivity (Wildman–Crippen MR) is 156 cm³/mol. The van der Waals surface area contributed by atoms with Gasteiger partial charge in [0.1, 0.15) is 12.4 Å². The minimum Gasteiger partial charge on any atom is -0.489 e. The van der Waals surface area contributed by atoms with E-state index in [1.165, 1.54) is 89.0 Å². The van der Waals surface area contributed by atoms with Crippen molar-refractivity contribution in [2.45, 2.75) is 129 Å². The molecule has 0 heterocycles. The van der Waals surface area contributed by atoms with Crippen LogP contribution in [0.1, 0.15) is 127 Å². The van der Waals surface area contributed by atoms with Gasteiger partial charge in [0, 0.05) is 0 Å². The zero-order valence-electron chi connectivity index (χ0n) is 23.5. The third kappa shape index (κ3) is 15.5. The van der Waals surface area contributed by atoms with Crippen LogP contribution in [0.2, 0.25) is 0 Å². The second-order valence-electron chi connectivity index (χ2n) is 10.7. The van der Waals surface area contributed by atoms with Gasteiger partial charge in [-0.15, -0.1) is 0 Å². The molecule has 2 rings (SSSR count). The molecule has 0 bridgehead atoms. The lowest BCUT2D eigenvalue weighted by Crippen LogP contribution is -2.14. The maximum Gasteiger partial charge on any atom is 0.306 e. The second kappa shape index (κ2) is 20.7. The molecule has 0 aliphatic heterocycles. The van der Waals surface area contributed by atoms with Crippen molar-refractivity contribution in [1.82, 2.24) is 0 Å². The van der Waals surface area contributed by atoms with Crippen LogP contribution in [-0.4, -0.2) is 11.1 Å². The lowest BCUT2D eigenvalue weighted by Gasteiger charge is -2.13. The lowest BCUT2D eigenvalue weighted by atomic mass is 9.93. The molecule has 0 saturated carbocycles. The summed E-state index contributed by atoms with van der Waals surface area (Å²) in [7, 11) is 0. The first-order chi connectivity index (χ1) is 18.2. The third-order valence-electron chi connectivity index (χ3n) is 7.46. The molecule has 1 N–H and O–H groups in total. The minimum atomic E-state index is -0.645. The van der Waals surface area contributed by atoms with Gasteiger partial charge in [-0.2, -0.15) is 0 Å². The average Bonchev–Trinajstić information content (AvgIpc) is 2.92. The standard InChI is InChI=1S/C34H52O3/c1-2-3-4-5-6-7-8-9-10-11-12-13-14-15-19-22-32(34(35)36)26-23-30-24-27-33(28-25-30)37-29-31-20-17-16-18-21-31/h16-18,20-21,24-25,27-28,32H,2-15,19,22-23,26,29H2,1H3,(H,35,36). The average molecular weight is 509 g/mol. The number of unbranched alkanes of at least 4 members (excludes halogenated alkanes) is 14. The van der Waals surface area contributed by atoms with Gasteiger partial charge in [-0.25, -0.2) is 0 Å². The third-order valence-corrected chi connectivity index (χ3v) is 7.46. The molecule has 0 saturated heterocycles. The van der Waals surface area contributed by atoms with Gasteiger partial charge in [-0.3, -0.25) is 4.79 Å². The van der Waals surface area contributed by atoms with Gasteiger partial charge in [-0.05, 0) is 42.5 Å². The molecule has 1 atom stereocenters. The Labute approximate surface area is 227 Å². The van der Waals surface area contributed by atoms with E-state index in [-0.39, 0.29) is 5.92 Å². The fourth-order valence-corrected chi connectivity index (χ4v) is 4.99. The van der Waals surface area contributed by atoms with Crippen molar-refractivity contribution >= 4 is 5.97 Å². The number of aliphatic carboxylic acids is 1. The second-order valence-corrected chi connectivity index (χ2v) is 10.7. The van der Waals surface area contributed by atoms with Crippen molar-refractivity contribution in [3.8, 4) is 5.75 Å². The Balaban J connectivity index is 1.48. The highest BCUT2D eigenvalue weighted by Crippen LogP contribution is 2.21. The molecular weight excluding hydrogens is 456 g/mol. The van der Waals surface area contributed by atoms with E-state index < -0.39 is 5.97 Å². The van der Waals surface area contributed by atoms with Crippen LogP contribution in [0.15, 0.2) is 54.6 Å². The van der Waals surface area contributed by atoms with E-state index in [2.05, 4.69) is 31.2 Å². The fourth-order valence-electron chi connectivity index (χ4n) is 4.99. The summed E-state index contributed by atoms with van der Waals surface area (Å²) in [5, 5.41) is 9.67. The maximum absolute atomic E-state index is 11.8. The summed E-state index contributed by atoms with van der Waals surface area (Å²) in [5.41, 5.74) is 2.32. The minimum absolute atomic E-state index is 0.240. The summed E-state index contributed by atoms with van der Waals surface area (Å²) in [5.74, 6) is -0.0376. The first-order valence-corrected chi connectivity index (χ1v) is 15.2. The van der Waals surface area contributed by atoms with Crippen LogP contribution in [0.25, 0.3) is 0 Å². The highest BCUT2D eigenvalue weighted by molar-refractivity contribution is 5.69. The Kier molecular flexibility index (Phi) is 17.3. The van der Waals surface area contributed by atoms with E-state index in [4.69, 9.17) is 4.74 Å². The number of carboxylic acid groups (broad SMARTS) is 1. The van der Waals surface area contributed by atoms with E-state index >= 15 is 0 Å². The largest absolute Gasteiger partial charge is 0.489 e. The monoisotopic (exact) mass is 508 g/mol. The zero-order valence-corrected chi connectivity index (χ0v) is 23.5. The molecule has 0 aliphatic rings. The number of aryl methyl sites for hydroxylation is 1. The molecule has 2 aromatic carbocycles. The van der Waals surface area contributed by atoms with Crippen LogP contribution in [0.5, 0.6) is 5.75 Å². The van der Waals surface area contributed by atoms with Crippen LogP contribution < -0.4 is 4.74 Å². The number of hydrogen-bond acceptors (Lipinski definition) is 2. The first-order valence-electron chi connectivity index (χ1n) is 15.2. The van der Waals surface area contributed by atoms with Crippen LogP contribution in [0, 0.1) is 5.92 Å². The summed E-state index contributed by atoms with van der Waals surface area (Å²) in [4.78, 5) is 11.8. The van der Waals surface area contributed by atoms with Crippen molar-refractivity contribution < 1.29 is 14.6 Å². The smallest absolute Gasteiger partial charge is 0.306 e. The SMILES string of the molecule is CCCCCCCCCCCCCCCCCC(CCc1ccc(OCc2ccccc2)cc1)C(=O)O. The molecule has 37 heavy (non-hydrogen) atoms. The zero-order chi connectivity index (χ0) is 26.4. The molecule has 0 amide bonds. The topological polar surface area (TPSA) is 46.5 Å². The number of carboxylic acids is 1. The van der Waals surface area contributed by atoms with Crippen molar-refractivity contribution in [2.24, 2.45) is 5.92 Å². The first kappa shape index (κ1) is 30.9. The number of hydrogen-bond donors (Lipinski definition) is 1. The number of benzene rings is 2. The molecule has 0 aromatic heterocycles. The van der Waals surface area contributed by atoms with Crippen LogP contribution in [-0.2, 0) is 17.8 Å². The van der Waals surface area contributed by atoms with Crippen molar-refractivity contribution in [1.29, 1.82) is 0 Å². The molecule has 2 aromatic rings. The van der Waals surface area contributed by atoms with Crippen LogP contribution in [0.3, 0.4) is 0 Å². The van der Waals surface area contributed by atoms with Crippen molar-refractivity contribution in [3.63, 3.8) is 0 Å². The van der Waals surface area contributed by atoms with E-state index in [1.54, 1.807) is 0 Å². The summed E-state index contributed by atoms with van der Waals surface area (Å²) in [6.07, 6.45) is 22.4. The normalized spacial score (nSPS) is 11.9. The molecule has 3 nitrogen and oxygen atoms in total. The number of ether oxygens (including phenoxy) is 1. The molecular formula is C34H52O3. The Morgan fingerprint density at radius 2 is 1.16 bits per heavy atom. The van der Waals surface area contributed by atoms with Crippen LogP contribution >= 0.6 is 0 Å². The maximum atomic E-state index is 11.8. The van der Waals surface area contributed by atoms with Gasteiger partial charge in [0.15, 0.2) is 0 Å². The van der Waals surface area contributed by atoms with E-state index in [1.807, 2.05) is 30.3 Å². The van der Waals surface area contributed by atoms with Gasteiger partial charge in [0.25, 0.3) is 0 Å². The quantitative estimate of drug-likeness (QED) is 0.152. The van der Waals surface area contributed by atoms with Gasteiger partial charge in [-0.1, -0.05) is 146 Å². The Morgan fingerprint density at radius 1 is 0.649 bits per heavy atom. The van der Waals surface area contributed by atoms with E-state index in [9.17, 15) is 9.90 Å². The van der Waals surface area contributed by atoms with Gasteiger partial charge in [0.05, 0.1) is 5.92 Å². The van der Waals surface area contributed by atoms with E-state index in [0.717, 1.165) is 37.0 Å². The molecule has 3 heteroatoms. The summed E-state index contributed by atoms with van der Waals surface area (Å²) in [6, 6.07) is 18.2. The molecule has 0 spiro atoms. The van der Waals surface area contributed by atoms with Gasteiger partial charge < -0.3 is 9.84 Å². The molecule has 0 aliphatic carbocycles. The Hall–Kier alpha value is -2.29. The summed E-state index contributed by atoms with van der Waals surface area (Å²) in [6.45, 7) is 2.83. The van der Waals surface area contributed by atoms with Crippen molar-refractivity contribution in [3.05, 3.63) is 65.7 Å². The van der Waals surface area contributed by atoms with Gasteiger partial charge in [0.2, 0.25) is 0 Å². The molecule has 1 unspecified atom stereocenters. The fraction of sp³-hybridized carbons (Fsp3) is 0.618. The Morgan fingerprint density at radius 3 is 1.68 bits per heavy atom. The van der Waals surface area contributed by atoms with Gasteiger partial charge >= 0.3 is 5.97 Å². The lowest BCUT2D eigenvalue weighted by molar-refractivity contribution is -0.142. The molecule has 0 fully saturated rings. The molecule has 206 valence electrons. The highest BCUT2D eigenvalue weighted by Gasteiger charge is 2.16. The van der Waals surface area contributed by atoms with Crippen molar-refractivity contribution in [2.75, 3.05) is 0 Å². The Bertz CT molecular complexity index is 800.